The van der Waals surface area contributed by atoms with Crippen molar-refractivity contribution in [2.24, 2.45) is 10.8 Å². The average molecular weight is 679 g/mol. The van der Waals surface area contributed by atoms with Crippen LogP contribution >= 0.6 is 11.6 Å². The van der Waals surface area contributed by atoms with Crippen LogP contribution in [0.25, 0.3) is 11.0 Å². The van der Waals surface area contributed by atoms with Crippen molar-refractivity contribution < 1.29 is 19.1 Å². The number of amides is 4. The Hall–Kier alpha value is -3.63. The molecule has 4 N–H and O–H groups in total. The number of rotatable bonds is 12. The number of hydrogen-bond acceptors (Lipinski definition) is 5. The molecule has 1 aliphatic heterocycles. The smallest absolute Gasteiger partial charge is 0.317 e. The highest BCUT2D eigenvalue weighted by atomic mass is 35.5. The summed E-state index contributed by atoms with van der Waals surface area (Å²) in [6.07, 6.45) is 2.50. The van der Waals surface area contributed by atoms with Crippen molar-refractivity contribution in [3.8, 4) is 0 Å². The lowest BCUT2D eigenvalue weighted by molar-refractivity contribution is -0.134. The van der Waals surface area contributed by atoms with E-state index in [2.05, 4.69) is 27.9 Å². The SMILES string of the molecule is CCNC(=O)[C@H](NC(=O)C1(c2ccc3nc([C@@H](NC(=O)N(CC)CC)[C@H](c4ccccc4Cl)C4(C)CC4)[nH]c3c2)CCOC1)C(C)(C)C. The molecule has 5 rings (SSSR count). The number of fused-ring (bicyclic) bond motifs is 1. The van der Waals surface area contributed by atoms with E-state index in [9.17, 15) is 14.4 Å². The zero-order valence-electron chi connectivity index (χ0n) is 29.3. The summed E-state index contributed by atoms with van der Waals surface area (Å²) in [6, 6.07) is 12.3. The van der Waals surface area contributed by atoms with Crippen LogP contribution in [0.2, 0.25) is 5.02 Å². The minimum atomic E-state index is -0.979. The fourth-order valence-corrected chi connectivity index (χ4v) is 7.29. The van der Waals surface area contributed by atoms with E-state index in [0.29, 0.717) is 43.5 Å². The maximum atomic E-state index is 14.2. The van der Waals surface area contributed by atoms with Crippen LogP contribution in [-0.4, -0.2) is 71.6 Å². The first-order valence-electron chi connectivity index (χ1n) is 17.2. The first kappa shape index (κ1) is 35.7. The van der Waals surface area contributed by atoms with Crippen molar-refractivity contribution in [1.82, 2.24) is 30.8 Å². The van der Waals surface area contributed by atoms with Gasteiger partial charge in [0.25, 0.3) is 0 Å². The van der Waals surface area contributed by atoms with Gasteiger partial charge in [-0.3, -0.25) is 9.59 Å². The fraction of sp³-hybridized carbons (Fsp3) is 0.568. The van der Waals surface area contributed by atoms with Crippen molar-refractivity contribution in [2.75, 3.05) is 32.8 Å². The Labute approximate surface area is 289 Å². The molecule has 2 fully saturated rings. The number of likely N-dealkylation sites (N-methyl/N-ethyl adjacent to an activating group) is 1. The van der Waals surface area contributed by atoms with E-state index in [1.165, 1.54) is 0 Å². The number of aromatic amines is 1. The normalized spacial score (nSPS) is 20.5. The van der Waals surface area contributed by atoms with E-state index in [4.69, 9.17) is 21.3 Å². The Kier molecular flexibility index (Phi) is 10.5. The molecule has 2 aliphatic rings. The van der Waals surface area contributed by atoms with E-state index in [1.807, 2.05) is 84.0 Å². The van der Waals surface area contributed by atoms with Gasteiger partial charge in [-0.15, -0.1) is 0 Å². The second-order valence-electron chi connectivity index (χ2n) is 14.7. The number of hydrogen-bond donors (Lipinski definition) is 4. The third-order valence-electron chi connectivity index (χ3n) is 10.3. The second kappa shape index (κ2) is 14.1. The van der Waals surface area contributed by atoms with Gasteiger partial charge in [-0.2, -0.15) is 0 Å². The van der Waals surface area contributed by atoms with Crippen molar-refractivity contribution in [3.05, 3.63) is 64.4 Å². The number of carbonyl (C=O) groups excluding carboxylic acids is 3. The van der Waals surface area contributed by atoms with Gasteiger partial charge >= 0.3 is 6.03 Å². The van der Waals surface area contributed by atoms with Gasteiger partial charge in [-0.25, -0.2) is 9.78 Å². The van der Waals surface area contributed by atoms with Crippen molar-refractivity contribution in [3.63, 3.8) is 0 Å². The molecule has 1 saturated carbocycles. The number of nitrogens with zero attached hydrogens (tertiary/aromatic N) is 2. The Morgan fingerprint density at radius 2 is 1.75 bits per heavy atom. The van der Waals surface area contributed by atoms with Gasteiger partial charge in [-0.05, 0) is 80.2 Å². The van der Waals surface area contributed by atoms with Crippen LogP contribution in [0.1, 0.15) is 96.6 Å². The number of H-pyrrole nitrogens is 1. The molecule has 1 aliphatic carbocycles. The summed E-state index contributed by atoms with van der Waals surface area (Å²) in [5.41, 5.74) is 1.67. The standard InChI is InChI=1S/C37H51ClN6O4/c1-8-39-32(45)30(35(4,5)6)43-33(46)37(19-20-48-22-37)23-15-16-26-27(21-23)41-31(40-26)29(42-34(47)44(9-2)10-3)28(36(7)17-18-36)24-13-11-12-14-25(24)38/h11-16,21,28-30H,8-10,17-20,22H2,1-7H3,(H,39,45)(H,40,41)(H,42,47)(H,43,46)/t28-,29-,30-,37?/m0/s1. The fourth-order valence-electron chi connectivity index (χ4n) is 7.04. The molecule has 1 aromatic heterocycles. The molecule has 1 unspecified atom stereocenters. The minimum absolute atomic E-state index is 0.0761. The number of nitrogens with one attached hydrogen (secondary N) is 4. The maximum Gasteiger partial charge on any atom is 0.317 e. The third-order valence-corrected chi connectivity index (χ3v) is 10.6. The lowest BCUT2D eigenvalue weighted by Gasteiger charge is -2.34. The summed E-state index contributed by atoms with van der Waals surface area (Å²) in [6.45, 7) is 16.1. The van der Waals surface area contributed by atoms with Gasteiger partial charge in [-0.1, -0.05) is 63.6 Å². The number of carbonyl (C=O) groups is 3. The van der Waals surface area contributed by atoms with Gasteiger partial charge in [0.1, 0.15) is 11.9 Å². The topological polar surface area (TPSA) is 128 Å². The molecular formula is C37H51ClN6O4. The third kappa shape index (κ3) is 7.06. The van der Waals surface area contributed by atoms with Gasteiger partial charge < -0.3 is 30.6 Å². The maximum absolute atomic E-state index is 14.2. The molecule has 3 aromatic rings. The molecule has 48 heavy (non-hydrogen) atoms. The molecule has 0 radical (unpaired) electrons. The molecule has 2 heterocycles. The van der Waals surface area contributed by atoms with Gasteiger partial charge in [0.2, 0.25) is 11.8 Å². The number of aromatic nitrogens is 2. The molecule has 0 bridgehead atoms. The van der Waals surface area contributed by atoms with E-state index in [-0.39, 0.29) is 35.8 Å². The van der Waals surface area contributed by atoms with E-state index < -0.39 is 22.9 Å². The number of halogens is 1. The first-order valence-corrected chi connectivity index (χ1v) is 17.6. The van der Waals surface area contributed by atoms with Crippen LogP contribution in [0, 0.1) is 10.8 Å². The monoisotopic (exact) mass is 678 g/mol. The largest absolute Gasteiger partial charge is 0.380 e. The Morgan fingerprint density at radius 1 is 1.04 bits per heavy atom. The second-order valence-corrected chi connectivity index (χ2v) is 15.1. The molecular weight excluding hydrogens is 628 g/mol. The van der Waals surface area contributed by atoms with Crippen molar-refractivity contribution >= 4 is 40.5 Å². The van der Waals surface area contributed by atoms with Crippen LogP contribution in [0.5, 0.6) is 0 Å². The lowest BCUT2D eigenvalue weighted by atomic mass is 9.77. The van der Waals surface area contributed by atoms with Gasteiger partial charge in [0.05, 0.1) is 29.1 Å². The summed E-state index contributed by atoms with van der Waals surface area (Å²) < 4.78 is 5.84. The van der Waals surface area contributed by atoms with Crippen LogP contribution in [0.4, 0.5) is 4.79 Å². The highest BCUT2D eigenvalue weighted by Crippen LogP contribution is 2.60. The summed E-state index contributed by atoms with van der Waals surface area (Å²) in [5, 5.41) is 9.94. The molecule has 2 aromatic carbocycles. The summed E-state index contributed by atoms with van der Waals surface area (Å²) in [7, 11) is 0. The van der Waals surface area contributed by atoms with E-state index in [1.54, 1.807) is 4.90 Å². The van der Waals surface area contributed by atoms with E-state index >= 15 is 0 Å². The predicted octanol–water partition coefficient (Wildman–Crippen LogP) is 6.22. The Balaban J connectivity index is 1.56. The molecule has 260 valence electrons. The van der Waals surface area contributed by atoms with Crippen molar-refractivity contribution in [1.29, 1.82) is 0 Å². The minimum Gasteiger partial charge on any atom is -0.380 e. The highest BCUT2D eigenvalue weighted by molar-refractivity contribution is 6.31. The first-order chi connectivity index (χ1) is 22.8. The summed E-state index contributed by atoms with van der Waals surface area (Å²) in [5.74, 6) is 0.0481. The zero-order chi connectivity index (χ0) is 34.9. The highest BCUT2D eigenvalue weighted by Gasteiger charge is 2.51. The number of imidazole rings is 1. The Bertz CT molecular complexity index is 1630. The van der Waals surface area contributed by atoms with E-state index in [0.717, 1.165) is 35.0 Å². The van der Waals surface area contributed by atoms with Gasteiger partial charge in [0.15, 0.2) is 0 Å². The Morgan fingerprint density at radius 3 is 2.33 bits per heavy atom. The molecule has 1 saturated heterocycles. The molecule has 4 amide bonds. The molecule has 10 nitrogen and oxygen atoms in total. The van der Waals surface area contributed by atoms with Crippen molar-refractivity contribution in [2.45, 2.75) is 91.1 Å². The van der Waals surface area contributed by atoms with Crippen LogP contribution in [0.3, 0.4) is 0 Å². The number of benzene rings is 2. The molecule has 11 heteroatoms. The average Bonchev–Trinajstić information content (AvgIpc) is 3.40. The van der Waals surface area contributed by atoms with Crippen LogP contribution < -0.4 is 16.0 Å². The van der Waals surface area contributed by atoms with Gasteiger partial charge in [0, 0.05) is 37.2 Å². The number of urea groups is 1. The molecule has 0 spiro atoms. The zero-order valence-corrected chi connectivity index (χ0v) is 30.1. The quantitative estimate of drug-likeness (QED) is 0.181. The summed E-state index contributed by atoms with van der Waals surface area (Å²) >= 11 is 6.83. The summed E-state index contributed by atoms with van der Waals surface area (Å²) in [4.78, 5) is 51.1. The lowest BCUT2D eigenvalue weighted by Crippen LogP contribution is -2.58. The predicted molar refractivity (Wildman–Crippen MR) is 189 cm³/mol. The number of ether oxygens (including phenoxy) is 1. The van der Waals surface area contributed by atoms with Crippen LogP contribution in [0.15, 0.2) is 42.5 Å². The van der Waals surface area contributed by atoms with Crippen LogP contribution in [-0.2, 0) is 19.7 Å². The molecule has 4 atom stereocenters.